The number of carbonyl (C=O) groups is 4. The summed E-state index contributed by atoms with van der Waals surface area (Å²) in [5, 5.41) is 10.6. The normalized spacial score (nSPS) is 14.1. The summed E-state index contributed by atoms with van der Waals surface area (Å²) in [6.45, 7) is 14.1. The lowest BCUT2D eigenvalue weighted by Gasteiger charge is -2.21. The van der Waals surface area contributed by atoms with Crippen molar-refractivity contribution in [3.63, 3.8) is 0 Å². The Hall–Kier alpha value is -1.94. The second-order valence-electron chi connectivity index (χ2n) is 29.3. The Bertz CT molecular complexity index is 1870. The van der Waals surface area contributed by atoms with E-state index in [4.69, 9.17) is 37.0 Å². The van der Waals surface area contributed by atoms with Crippen molar-refractivity contribution in [3.05, 3.63) is 0 Å². The topological polar surface area (TPSA) is 237 Å². The molecule has 0 saturated carbocycles. The fourth-order valence-electron chi connectivity index (χ4n) is 11.6. The highest BCUT2D eigenvalue weighted by Gasteiger charge is 2.30. The van der Waals surface area contributed by atoms with Crippen molar-refractivity contribution in [2.45, 2.75) is 401 Å². The van der Waals surface area contributed by atoms with Crippen molar-refractivity contribution in [1.29, 1.82) is 0 Å². The van der Waals surface area contributed by atoms with Gasteiger partial charge >= 0.3 is 39.5 Å². The van der Waals surface area contributed by atoms with Crippen LogP contribution in [0.1, 0.15) is 383 Å². The maximum atomic E-state index is 13.1. The van der Waals surface area contributed by atoms with Crippen LogP contribution in [0.4, 0.5) is 0 Å². The molecule has 0 aromatic carbocycles. The molecule has 0 amide bonds. The summed E-state index contributed by atoms with van der Waals surface area (Å²) in [7, 11) is -9.91. The van der Waals surface area contributed by atoms with E-state index in [1.807, 2.05) is 0 Å². The van der Waals surface area contributed by atoms with Crippen LogP contribution in [0.3, 0.4) is 0 Å². The zero-order chi connectivity index (χ0) is 70.3. The molecule has 0 saturated heterocycles. The van der Waals surface area contributed by atoms with Crippen LogP contribution < -0.4 is 0 Å². The van der Waals surface area contributed by atoms with Crippen LogP contribution in [-0.4, -0.2) is 96.7 Å². The number of unbranched alkanes of at least 4 members (excludes halogenated alkanes) is 39. The fourth-order valence-corrected chi connectivity index (χ4v) is 13.1. The van der Waals surface area contributed by atoms with Gasteiger partial charge in [0.1, 0.15) is 19.3 Å². The molecule has 0 aliphatic rings. The monoisotopic (exact) mass is 1400 g/mol. The second-order valence-corrected chi connectivity index (χ2v) is 32.2. The lowest BCUT2D eigenvalue weighted by molar-refractivity contribution is -0.161. The highest BCUT2D eigenvalue weighted by atomic mass is 31.2. The predicted molar refractivity (Wildman–Crippen MR) is 386 cm³/mol. The fraction of sp³-hybridized carbons (Fsp3) is 0.947. The smallest absolute Gasteiger partial charge is 0.462 e. The number of phosphoric acid groups is 2. The summed E-state index contributed by atoms with van der Waals surface area (Å²) in [5.74, 6) is 0.886. The number of aliphatic hydroxyl groups excluding tert-OH is 1. The third-order valence-electron chi connectivity index (χ3n) is 17.6. The van der Waals surface area contributed by atoms with Crippen molar-refractivity contribution in [2.75, 3.05) is 39.6 Å². The highest BCUT2D eigenvalue weighted by molar-refractivity contribution is 7.47. The van der Waals surface area contributed by atoms with E-state index in [9.17, 15) is 43.2 Å². The molecule has 0 aliphatic carbocycles. The average Bonchev–Trinajstić information content (AvgIpc) is 2.52. The molecule has 0 fully saturated rings. The van der Waals surface area contributed by atoms with Crippen LogP contribution in [0.15, 0.2) is 0 Å². The van der Waals surface area contributed by atoms with E-state index >= 15 is 0 Å². The summed E-state index contributed by atoms with van der Waals surface area (Å²) in [5.41, 5.74) is 0. The molecule has 19 heteroatoms. The number of carbonyl (C=O) groups excluding carboxylic acids is 4. The molecule has 564 valence electrons. The molecule has 0 spiro atoms. The van der Waals surface area contributed by atoms with Crippen LogP contribution in [0.25, 0.3) is 0 Å². The number of esters is 4. The molecule has 0 aromatic rings. The van der Waals surface area contributed by atoms with E-state index in [2.05, 4.69) is 55.4 Å². The SMILES string of the molecule is CC(C)CCCCCCCCCCCCCCCCCC(=O)OC[C@H](COP(=O)(O)OC[C@@H](O)COP(=O)(O)OC[C@@H](COC(=O)CCCCCCCCC(C)C)OC(=O)CCCCCCCCCCCC(C)C)OC(=O)CCCCCCCCCCCCCCCC(C)C. The minimum atomic E-state index is -4.96. The number of rotatable bonds is 73. The molecular weight excluding hydrogens is 1250 g/mol. The Balaban J connectivity index is 5.23. The number of phosphoric ester groups is 2. The largest absolute Gasteiger partial charge is 0.472 e. The van der Waals surface area contributed by atoms with Crippen LogP contribution in [0, 0.1) is 23.7 Å². The van der Waals surface area contributed by atoms with Gasteiger partial charge in [-0.3, -0.25) is 37.3 Å². The number of aliphatic hydroxyl groups is 1. The van der Waals surface area contributed by atoms with Gasteiger partial charge in [-0.15, -0.1) is 0 Å². The second kappa shape index (κ2) is 65.4. The van der Waals surface area contributed by atoms with Crippen LogP contribution in [0.2, 0.25) is 0 Å². The van der Waals surface area contributed by atoms with E-state index < -0.39 is 97.5 Å². The van der Waals surface area contributed by atoms with Gasteiger partial charge in [-0.05, 0) is 49.4 Å². The summed E-state index contributed by atoms with van der Waals surface area (Å²) < 4.78 is 68.5. The summed E-state index contributed by atoms with van der Waals surface area (Å²) in [6, 6.07) is 0. The average molecular weight is 1400 g/mol. The standard InChI is InChI=1S/C76H148O17P2/c1-66(2)52-44-36-28-22-17-13-10-9-11-15-19-25-31-40-48-56-73(78)86-62-71(92-75(80)58-50-42-32-26-20-16-12-14-18-23-29-37-45-53-67(3)4)64-90-94(82,83)88-60-70(77)61-89-95(84,85)91-65-72(63-87-74(79)57-49-41-35-34-39-47-55-69(7)8)93-76(81)59-51-43-33-27-21-24-30-38-46-54-68(5)6/h66-72,77H,9-65H2,1-8H3,(H,82,83)(H,84,85)/t70-,71-,72-/m1/s1. The van der Waals surface area contributed by atoms with Gasteiger partial charge in [-0.2, -0.15) is 0 Å². The molecule has 0 rings (SSSR count). The third kappa shape index (κ3) is 70.3. The summed E-state index contributed by atoms with van der Waals surface area (Å²) >= 11 is 0. The van der Waals surface area contributed by atoms with Crippen LogP contribution >= 0.6 is 15.6 Å². The minimum absolute atomic E-state index is 0.104. The molecule has 3 N–H and O–H groups in total. The van der Waals surface area contributed by atoms with Crippen LogP contribution in [0.5, 0.6) is 0 Å². The lowest BCUT2D eigenvalue weighted by Crippen LogP contribution is -2.30. The van der Waals surface area contributed by atoms with Gasteiger partial charge in [0, 0.05) is 25.7 Å². The van der Waals surface area contributed by atoms with Crippen molar-refractivity contribution in [2.24, 2.45) is 23.7 Å². The molecule has 0 radical (unpaired) electrons. The molecule has 2 unspecified atom stereocenters. The van der Waals surface area contributed by atoms with Crippen molar-refractivity contribution in [3.8, 4) is 0 Å². The predicted octanol–water partition coefficient (Wildman–Crippen LogP) is 22.0. The van der Waals surface area contributed by atoms with E-state index in [1.54, 1.807) is 0 Å². The Morgan fingerprint density at radius 2 is 0.442 bits per heavy atom. The van der Waals surface area contributed by atoms with Crippen molar-refractivity contribution in [1.82, 2.24) is 0 Å². The molecular formula is C76H148O17P2. The molecule has 5 atom stereocenters. The van der Waals surface area contributed by atoms with Crippen molar-refractivity contribution < 1.29 is 80.2 Å². The molecule has 0 bridgehead atoms. The Kier molecular flexibility index (Phi) is 64.0. The molecule has 17 nitrogen and oxygen atoms in total. The first kappa shape index (κ1) is 93.1. The van der Waals surface area contributed by atoms with Crippen molar-refractivity contribution >= 4 is 39.5 Å². The maximum Gasteiger partial charge on any atom is 0.472 e. The first-order valence-corrected chi connectivity index (χ1v) is 42.2. The van der Waals surface area contributed by atoms with E-state index in [0.717, 1.165) is 114 Å². The maximum absolute atomic E-state index is 13.1. The van der Waals surface area contributed by atoms with Gasteiger partial charge < -0.3 is 33.8 Å². The Morgan fingerprint density at radius 3 is 0.653 bits per heavy atom. The van der Waals surface area contributed by atoms with E-state index in [-0.39, 0.29) is 25.7 Å². The molecule has 0 heterocycles. The molecule has 95 heavy (non-hydrogen) atoms. The first-order chi connectivity index (χ1) is 45.6. The molecule has 0 aromatic heterocycles. The van der Waals surface area contributed by atoms with Gasteiger partial charge in [-0.1, -0.05) is 331 Å². The quantitative estimate of drug-likeness (QED) is 0.0222. The first-order valence-electron chi connectivity index (χ1n) is 39.2. The lowest BCUT2D eigenvalue weighted by atomic mass is 10.0. The summed E-state index contributed by atoms with van der Waals surface area (Å²) in [6.07, 6.45) is 50.1. The zero-order valence-electron chi connectivity index (χ0n) is 62.3. The third-order valence-corrected chi connectivity index (χ3v) is 19.5. The van der Waals surface area contributed by atoms with Gasteiger partial charge in [0.25, 0.3) is 0 Å². The summed E-state index contributed by atoms with van der Waals surface area (Å²) in [4.78, 5) is 72.8. The highest BCUT2D eigenvalue weighted by Crippen LogP contribution is 2.45. The van der Waals surface area contributed by atoms with Crippen LogP contribution in [-0.2, 0) is 65.4 Å². The van der Waals surface area contributed by atoms with E-state index in [1.165, 1.54) is 180 Å². The zero-order valence-corrected chi connectivity index (χ0v) is 64.1. The number of hydrogen-bond acceptors (Lipinski definition) is 15. The van der Waals surface area contributed by atoms with Gasteiger partial charge in [-0.25, -0.2) is 9.13 Å². The van der Waals surface area contributed by atoms with Gasteiger partial charge in [0.15, 0.2) is 12.2 Å². The number of hydrogen-bond donors (Lipinski definition) is 3. The minimum Gasteiger partial charge on any atom is -0.462 e. The van der Waals surface area contributed by atoms with E-state index in [0.29, 0.717) is 31.6 Å². The Labute approximate surface area is 581 Å². The Morgan fingerprint density at radius 1 is 0.263 bits per heavy atom. The number of ether oxygens (including phenoxy) is 4. The van der Waals surface area contributed by atoms with Gasteiger partial charge in [0.2, 0.25) is 0 Å². The molecule has 0 aliphatic heterocycles. The van der Waals surface area contributed by atoms with Gasteiger partial charge in [0.05, 0.1) is 26.4 Å².